The molecule has 0 unspecified atom stereocenters. The second-order valence-electron chi connectivity index (χ2n) is 5.39. The summed E-state index contributed by atoms with van der Waals surface area (Å²) in [5.74, 6) is 0. The molecule has 0 heterocycles. The predicted molar refractivity (Wildman–Crippen MR) is 98.2 cm³/mol. The van der Waals surface area contributed by atoms with Crippen LogP contribution in [0.1, 0.15) is 16.7 Å². The van der Waals surface area contributed by atoms with Crippen molar-refractivity contribution in [1.29, 1.82) is 0 Å². The lowest BCUT2D eigenvalue weighted by Crippen LogP contribution is -2.33. The Labute approximate surface area is 147 Å². The van der Waals surface area contributed by atoms with Crippen LogP contribution in [0.5, 0.6) is 0 Å². The van der Waals surface area contributed by atoms with Crippen LogP contribution in [-0.2, 0) is 16.6 Å². The molecule has 0 fully saturated rings. The molecule has 128 valence electrons. The van der Waals surface area contributed by atoms with Crippen LogP contribution < -0.4 is 5.73 Å². The molecule has 5 nitrogen and oxygen atoms in total. The maximum absolute atomic E-state index is 13.1. The Bertz CT molecular complexity index is 821. The Hall–Kier alpha value is -1.80. The molecule has 0 aromatic heterocycles. The summed E-state index contributed by atoms with van der Waals surface area (Å²) in [6.07, 6.45) is 0. The summed E-state index contributed by atoms with van der Waals surface area (Å²) < 4.78 is 27.4. The molecule has 0 atom stereocenters. The van der Waals surface area contributed by atoms with Gasteiger partial charge in [-0.1, -0.05) is 54.7 Å². The number of benzene rings is 2. The van der Waals surface area contributed by atoms with Crippen LogP contribution in [0.25, 0.3) is 0 Å². The van der Waals surface area contributed by atoms with Gasteiger partial charge in [-0.3, -0.25) is 0 Å². The number of hydrogen-bond donors (Lipinski definition) is 2. The van der Waals surface area contributed by atoms with Gasteiger partial charge in [-0.2, -0.15) is 4.31 Å². The lowest BCUT2D eigenvalue weighted by atomic mass is 10.1. The highest BCUT2D eigenvalue weighted by molar-refractivity contribution is 7.89. The van der Waals surface area contributed by atoms with E-state index >= 15 is 0 Å². The van der Waals surface area contributed by atoms with E-state index in [0.717, 1.165) is 5.56 Å². The fraction of sp³-hybridized carbons (Fsp3) is 0.235. The average Bonchev–Trinajstić information content (AvgIpc) is 2.55. The fourth-order valence-corrected chi connectivity index (χ4v) is 4.15. The summed E-state index contributed by atoms with van der Waals surface area (Å²) in [4.78, 5) is 0.292. The summed E-state index contributed by atoms with van der Waals surface area (Å²) in [7, 11) is -3.79. The van der Waals surface area contributed by atoms with Gasteiger partial charge in [0.2, 0.25) is 10.0 Å². The minimum Gasteiger partial charge on any atom is -0.395 e. The first kappa shape index (κ1) is 18.5. The standard InChI is InChI=1S/C17H20N2O3S2/c1-13-7-8-15(17(18)23)11-16(13)24(21,22)19(9-10-20)12-14-5-3-2-4-6-14/h2-8,11,20H,9-10,12H2,1H3,(H2,18,23). The van der Waals surface area contributed by atoms with E-state index < -0.39 is 10.0 Å². The van der Waals surface area contributed by atoms with Crippen molar-refractivity contribution in [3.05, 3.63) is 65.2 Å². The zero-order chi connectivity index (χ0) is 17.7. The second-order valence-corrected chi connectivity index (χ2v) is 7.74. The number of rotatable bonds is 7. The zero-order valence-electron chi connectivity index (χ0n) is 13.3. The number of nitrogens with two attached hydrogens (primary N) is 1. The van der Waals surface area contributed by atoms with E-state index in [4.69, 9.17) is 18.0 Å². The van der Waals surface area contributed by atoms with Gasteiger partial charge in [0.25, 0.3) is 0 Å². The molecule has 2 aromatic rings. The van der Waals surface area contributed by atoms with Crippen molar-refractivity contribution in [2.75, 3.05) is 13.2 Å². The lowest BCUT2D eigenvalue weighted by Gasteiger charge is -2.23. The number of nitrogens with zero attached hydrogens (tertiary/aromatic N) is 1. The maximum atomic E-state index is 13.1. The van der Waals surface area contributed by atoms with Gasteiger partial charge in [-0.05, 0) is 24.1 Å². The number of thiocarbonyl (C=S) groups is 1. The molecule has 24 heavy (non-hydrogen) atoms. The van der Waals surface area contributed by atoms with E-state index in [1.54, 1.807) is 19.1 Å². The third-order valence-electron chi connectivity index (χ3n) is 3.64. The Morgan fingerprint density at radius 1 is 1.21 bits per heavy atom. The van der Waals surface area contributed by atoms with E-state index in [2.05, 4.69) is 0 Å². The molecule has 0 saturated heterocycles. The number of aryl methyl sites for hydroxylation is 1. The molecular formula is C17H20N2O3S2. The van der Waals surface area contributed by atoms with Gasteiger partial charge in [0.05, 0.1) is 11.5 Å². The first-order valence-corrected chi connectivity index (χ1v) is 9.26. The summed E-state index contributed by atoms with van der Waals surface area (Å²) in [6.45, 7) is 1.64. The Kier molecular flexibility index (Phi) is 6.06. The minimum atomic E-state index is -3.79. The Morgan fingerprint density at radius 2 is 1.88 bits per heavy atom. The van der Waals surface area contributed by atoms with E-state index in [0.29, 0.717) is 11.1 Å². The second kappa shape index (κ2) is 7.85. The molecule has 0 spiro atoms. The predicted octanol–water partition coefficient (Wildman–Crippen LogP) is 1.81. The zero-order valence-corrected chi connectivity index (χ0v) is 15.0. The van der Waals surface area contributed by atoms with Gasteiger partial charge in [0.15, 0.2) is 0 Å². The van der Waals surface area contributed by atoms with Crippen molar-refractivity contribution in [3.63, 3.8) is 0 Å². The molecular weight excluding hydrogens is 344 g/mol. The molecule has 0 aliphatic rings. The highest BCUT2D eigenvalue weighted by Gasteiger charge is 2.26. The molecule has 0 radical (unpaired) electrons. The average molecular weight is 364 g/mol. The fourth-order valence-electron chi connectivity index (χ4n) is 2.35. The van der Waals surface area contributed by atoms with Crippen molar-refractivity contribution in [1.82, 2.24) is 4.31 Å². The SMILES string of the molecule is Cc1ccc(C(N)=S)cc1S(=O)(=O)N(CCO)Cc1ccccc1. The summed E-state index contributed by atoms with van der Waals surface area (Å²) in [6, 6.07) is 14.1. The largest absolute Gasteiger partial charge is 0.395 e. The molecule has 0 aliphatic carbocycles. The van der Waals surface area contributed by atoms with Crippen molar-refractivity contribution >= 4 is 27.2 Å². The smallest absolute Gasteiger partial charge is 0.243 e. The molecule has 2 aromatic carbocycles. The summed E-state index contributed by atoms with van der Waals surface area (Å²) >= 11 is 4.94. The molecule has 0 saturated carbocycles. The summed E-state index contributed by atoms with van der Waals surface area (Å²) in [5, 5.41) is 9.29. The number of aliphatic hydroxyl groups is 1. The van der Waals surface area contributed by atoms with E-state index in [1.165, 1.54) is 10.4 Å². The number of aliphatic hydroxyl groups excluding tert-OH is 1. The minimum absolute atomic E-state index is 0.00790. The van der Waals surface area contributed by atoms with Gasteiger partial charge in [0.1, 0.15) is 4.99 Å². The van der Waals surface area contributed by atoms with Crippen LogP contribution in [0.3, 0.4) is 0 Å². The quantitative estimate of drug-likeness (QED) is 0.732. The Balaban J connectivity index is 2.45. The van der Waals surface area contributed by atoms with Crippen molar-refractivity contribution in [2.24, 2.45) is 5.73 Å². The monoisotopic (exact) mass is 364 g/mol. The van der Waals surface area contributed by atoms with Crippen LogP contribution in [0.15, 0.2) is 53.4 Å². The van der Waals surface area contributed by atoms with Crippen LogP contribution in [-0.4, -0.2) is 36.0 Å². The van der Waals surface area contributed by atoms with Crippen molar-refractivity contribution < 1.29 is 13.5 Å². The highest BCUT2D eigenvalue weighted by atomic mass is 32.2. The first-order valence-electron chi connectivity index (χ1n) is 7.41. The third-order valence-corrected chi connectivity index (χ3v) is 5.86. The van der Waals surface area contributed by atoms with E-state index in [1.807, 2.05) is 30.3 Å². The maximum Gasteiger partial charge on any atom is 0.243 e. The van der Waals surface area contributed by atoms with E-state index in [-0.39, 0.29) is 29.6 Å². The molecule has 3 N–H and O–H groups in total. The van der Waals surface area contributed by atoms with Crippen LogP contribution in [0.4, 0.5) is 0 Å². The highest BCUT2D eigenvalue weighted by Crippen LogP contribution is 2.23. The van der Waals surface area contributed by atoms with Crippen molar-refractivity contribution in [2.45, 2.75) is 18.4 Å². The number of hydrogen-bond acceptors (Lipinski definition) is 4. The van der Waals surface area contributed by atoms with Crippen LogP contribution >= 0.6 is 12.2 Å². The van der Waals surface area contributed by atoms with Crippen molar-refractivity contribution in [3.8, 4) is 0 Å². The van der Waals surface area contributed by atoms with Gasteiger partial charge < -0.3 is 10.8 Å². The molecule has 0 amide bonds. The normalized spacial score (nSPS) is 11.6. The van der Waals surface area contributed by atoms with Crippen LogP contribution in [0.2, 0.25) is 0 Å². The third kappa shape index (κ3) is 4.18. The van der Waals surface area contributed by atoms with Gasteiger partial charge >= 0.3 is 0 Å². The lowest BCUT2D eigenvalue weighted by molar-refractivity contribution is 0.251. The van der Waals surface area contributed by atoms with Crippen LogP contribution in [0, 0.1) is 6.92 Å². The molecule has 0 bridgehead atoms. The van der Waals surface area contributed by atoms with E-state index in [9.17, 15) is 13.5 Å². The first-order chi connectivity index (χ1) is 11.4. The van der Waals surface area contributed by atoms with Gasteiger partial charge in [0, 0.05) is 18.7 Å². The molecule has 2 rings (SSSR count). The topological polar surface area (TPSA) is 83.6 Å². The molecule has 7 heteroatoms. The van der Waals surface area contributed by atoms with Gasteiger partial charge in [-0.15, -0.1) is 0 Å². The van der Waals surface area contributed by atoms with Gasteiger partial charge in [-0.25, -0.2) is 8.42 Å². The Morgan fingerprint density at radius 3 is 2.46 bits per heavy atom. The summed E-state index contributed by atoms with van der Waals surface area (Å²) in [5.41, 5.74) is 7.56. The molecule has 0 aliphatic heterocycles. The number of sulfonamides is 1.